The summed E-state index contributed by atoms with van der Waals surface area (Å²) >= 11 is 0. The summed E-state index contributed by atoms with van der Waals surface area (Å²) < 4.78 is 24.6. The van der Waals surface area contributed by atoms with Gasteiger partial charge in [0, 0.05) is 17.8 Å². The van der Waals surface area contributed by atoms with E-state index in [2.05, 4.69) is 12.2 Å². The van der Waals surface area contributed by atoms with Crippen molar-refractivity contribution in [1.82, 2.24) is 9.88 Å². The molecule has 3 N–H and O–H groups in total. The standard InChI is InChI=1S/C14H23N3O3S/c1-4-14(6-5-7-14)16-13(18)12-8-11(21(15,19)20)9-17(12)10(2)3/h8-10H,4-7H2,1-3H3,(H,16,18)(H2,15,19,20). The summed E-state index contributed by atoms with van der Waals surface area (Å²) in [5, 5.41) is 8.22. The molecule has 1 amide bonds. The molecule has 1 aliphatic rings. The van der Waals surface area contributed by atoms with Crippen LogP contribution in [0.4, 0.5) is 0 Å². The van der Waals surface area contributed by atoms with E-state index in [1.807, 2.05) is 13.8 Å². The zero-order valence-corrected chi connectivity index (χ0v) is 13.5. The minimum atomic E-state index is -3.81. The molecular formula is C14H23N3O3S. The minimum Gasteiger partial charge on any atom is -0.345 e. The summed E-state index contributed by atoms with van der Waals surface area (Å²) in [4.78, 5) is 12.5. The third-order valence-electron chi connectivity index (χ3n) is 4.31. The van der Waals surface area contributed by atoms with Gasteiger partial charge in [0.05, 0.1) is 0 Å². The van der Waals surface area contributed by atoms with Crippen molar-refractivity contribution in [1.29, 1.82) is 0 Å². The monoisotopic (exact) mass is 313 g/mol. The predicted molar refractivity (Wildman–Crippen MR) is 80.5 cm³/mol. The number of nitrogens with zero attached hydrogens (tertiary/aromatic N) is 1. The predicted octanol–water partition coefficient (Wildman–Crippen LogP) is 1.78. The molecule has 0 radical (unpaired) electrons. The molecule has 0 aromatic carbocycles. The first kappa shape index (κ1) is 16.0. The molecule has 1 aromatic heterocycles. The van der Waals surface area contributed by atoms with Crippen molar-refractivity contribution in [2.24, 2.45) is 5.14 Å². The first-order valence-corrected chi connectivity index (χ1v) is 8.80. The summed E-state index contributed by atoms with van der Waals surface area (Å²) in [6, 6.07) is 1.33. The molecule has 6 nitrogen and oxygen atoms in total. The number of carbonyl (C=O) groups excluding carboxylic acids is 1. The number of sulfonamides is 1. The topological polar surface area (TPSA) is 94.2 Å². The van der Waals surface area contributed by atoms with E-state index in [1.54, 1.807) is 4.57 Å². The summed E-state index contributed by atoms with van der Waals surface area (Å²) in [5.74, 6) is -0.236. The molecule has 2 rings (SSSR count). The zero-order chi connectivity index (χ0) is 15.8. The Hall–Kier alpha value is -1.34. The van der Waals surface area contributed by atoms with Gasteiger partial charge in [-0.05, 0) is 45.6 Å². The van der Waals surface area contributed by atoms with Crippen LogP contribution in [0.3, 0.4) is 0 Å². The van der Waals surface area contributed by atoms with Crippen LogP contribution in [-0.2, 0) is 10.0 Å². The molecule has 1 heterocycles. The molecule has 0 spiro atoms. The highest BCUT2D eigenvalue weighted by Gasteiger charge is 2.37. The Morgan fingerprint density at radius 3 is 2.48 bits per heavy atom. The fourth-order valence-electron chi connectivity index (χ4n) is 2.69. The number of rotatable bonds is 5. The van der Waals surface area contributed by atoms with Crippen molar-refractivity contribution in [3.63, 3.8) is 0 Å². The van der Waals surface area contributed by atoms with Crippen molar-refractivity contribution in [3.05, 3.63) is 18.0 Å². The first-order chi connectivity index (χ1) is 9.68. The maximum atomic E-state index is 12.5. The summed E-state index contributed by atoms with van der Waals surface area (Å²) in [5.41, 5.74) is 0.207. The molecule has 21 heavy (non-hydrogen) atoms. The Balaban J connectivity index is 2.33. The molecule has 1 aliphatic carbocycles. The number of aromatic nitrogens is 1. The Bertz CT molecular complexity index is 637. The van der Waals surface area contributed by atoms with Gasteiger partial charge in [-0.1, -0.05) is 6.92 Å². The maximum Gasteiger partial charge on any atom is 0.268 e. The Morgan fingerprint density at radius 1 is 1.48 bits per heavy atom. The third kappa shape index (κ3) is 3.13. The van der Waals surface area contributed by atoms with Crippen LogP contribution >= 0.6 is 0 Å². The number of amides is 1. The van der Waals surface area contributed by atoms with E-state index in [9.17, 15) is 13.2 Å². The Labute approximate surface area is 125 Å². The Morgan fingerprint density at radius 2 is 2.10 bits per heavy atom. The second-order valence-electron chi connectivity index (χ2n) is 6.05. The molecule has 1 aromatic rings. The van der Waals surface area contributed by atoms with E-state index >= 15 is 0 Å². The van der Waals surface area contributed by atoms with Crippen LogP contribution in [0.5, 0.6) is 0 Å². The van der Waals surface area contributed by atoms with E-state index in [1.165, 1.54) is 12.3 Å². The van der Waals surface area contributed by atoms with Crippen LogP contribution in [-0.4, -0.2) is 24.4 Å². The lowest BCUT2D eigenvalue weighted by molar-refractivity contribution is 0.0809. The number of nitrogens with two attached hydrogens (primary N) is 1. The highest BCUT2D eigenvalue weighted by atomic mass is 32.2. The maximum absolute atomic E-state index is 12.5. The summed E-state index contributed by atoms with van der Waals surface area (Å²) in [6.07, 6.45) is 5.36. The lowest BCUT2D eigenvalue weighted by atomic mass is 9.75. The van der Waals surface area contributed by atoms with Crippen molar-refractivity contribution in [2.45, 2.75) is 62.9 Å². The second kappa shape index (κ2) is 5.46. The molecule has 0 atom stereocenters. The van der Waals surface area contributed by atoms with Gasteiger partial charge in [0.2, 0.25) is 10.0 Å². The normalized spacial score (nSPS) is 17.6. The fourth-order valence-corrected chi connectivity index (χ4v) is 3.23. The van der Waals surface area contributed by atoms with Gasteiger partial charge in [-0.3, -0.25) is 4.79 Å². The van der Waals surface area contributed by atoms with Crippen molar-refractivity contribution < 1.29 is 13.2 Å². The lowest BCUT2D eigenvalue weighted by Crippen LogP contribution is -2.53. The largest absolute Gasteiger partial charge is 0.345 e. The van der Waals surface area contributed by atoms with E-state index in [-0.39, 0.29) is 22.4 Å². The van der Waals surface area contributed by atoms with E-state index in [0.717, 1.165) is 25.7 Å². The van der Waals surface area contributed by atoms with Crippen molar-refractivity contribution in [2.75, 3.05) is 0 Å². The average Bonchev–Trinajstić information content (AvgIpc) is 2.78. The molecule has 0 saturated heterocycles. The van der Waals surface area contributed by atoms with Crippen LogP contribution in [0.15, 0.2) is 17.2 Å². The van der Waals surface area contributed by atoms with Crippen molar-refractivity contribution in [3.8, 4) is 0 Å². The van der Waals surface area contributed by atoms with Gasteiger partial charge in [-0.2, -0.15) is 0 Å². The summed E-state index contributed by atoms with van der Waals surface area (Å²) in [7, 11) is -3.81. The first-order valence-electron chi connectivity index (χ1n) is 7.26. The molecule has 118 valence electrons. The molecule has 0 aliphatic heterocycles. The van der Waals surface area contributed by atoms with Gasteiger partial charge < -0.3 is 9.88 Å². The molecule has 1 saturated carbocycles. The third-order valence-corrected chi connectivity index (χ3v) is 5.19. The SMILES string of the molecule is CCC1(NC(=O)c2cc(S(N)(=O)=O)cn2C(C)C)CCC1. The minimum absolute atomic E-state index is 0.0273. The highest BCUT2D eigenvalue weighted by molar-refractivity contribution is 7.89. The van der Waals surface area contributed by atoms with Gasteiger partial charge in [-0.15, -0.1) is 0 Å². The molecule has 0 bridgehead atoms. The summed E-state index contributed by atoms with van der Waals surface area (Å²) in [6.45, 7) is 5.84. The molecule has 0 unspecified atom stereocenters. The number of primary sulfonamides is 1. The van der Waals surface area contributed by atoms with Crippen LogP contribution in [0.2, 0.25) is 0 Å². The van der Waals surface area contributed by atoms with Crippen LogP contribution in [0, 0.1) is 0 Å². The van der Waals surface area contributed by atoms with Gasteiger partial charge in [-0.25, -0.2) is 13.6 Å². The number of nitrogens with one attached hydrogen (secondary N) is 1. The van der Waals surface area contributed by atoms with Gasteiger partial charge in [0.25, 0.3) is 5.91 Å². The average molecular weight is 313 g/mol. The van der Waals surface area contributed by atoms with E-state index < -0.39 is 10.0 Å². The van der Waals surface area contributed by atoms with Crippen molar-refractivity contribution >= 4 is 15.9 Å². The molecule has 7 heteroatoms. The van der Waals surface area contributed by atoms with Crippen LogP contribution in [0.1, 0.15) is 63.0 Å². The van der Waals surface area contributed by atoms with E-state index in [0.29, 0.717) is 5.69 Å². The Kier molecular flexibility index (Phi) is 4.17. The number of hydrogen-bond acceptors (Lipinski definition) is 3. The quantitative estimate of drug-likeness (QED) is 0.867. The fraction of sp³-hybridized carbons (Fsp3) is 0.643. The number of hydrogen-bond donors (Lipinski definition) is 2. The lowest BCUT2D eigenvalue weighted by Gasteiger charge is -2.42. The van der Waals surface area contributed by atoms with E-state index in [4.69, 9.17) is 5.14 Å². The number of carbonyl (C=O) groups is 1. The molecule has 1 fully saturated rings. The van der Waals surface area contributed by atoms with Gasteiger partial charge in [0.1, 0.15) is 10.6 Å². The molecular weight excluding hydrogens is 290 g/mol. The van der Waals surface area contributed by atoms with Gasteiger partial charge >= 0.3 is 0 Å². The highest BCUT2D eigenvalue weighted by Crippen LogP contribution is 2.35. The zero-order valence-electron chi connectivity index (χ0n) is 12.7. The van der Waals surface area contributed by atoms with Gasteiger partial charge in [0.15, 0.2) is 0 Å². The second-order valence-corrected chi connectivity index (χ2v) is 7.61. The van der Waals surface area contributed by atoms with Crippen LogP contribution < -0.4 is 10.5 Å². The van der Waals surface area contributed by atoms with Crippen LogP contribution in [0.25, 0.3) is 0 Å². The smallest absolute Gasteiger partial charge is 0.268 e.